The van der Waals surface area contributed by atoms with E-state index in [1.807, 2.05) is 17.5 Å². The lowest BCUT2D eigenvalue weighted by molar-refractivity contribution is -0.170. The van der Waals surface area contributed by atoms with E-state index in [1.54, 1.807) is 0 Å². The van der Waals surface area contributed by atoms with Crippen LogP contribution in [0.15, 0.2) is 183 Å². The van der Waals surface area contributed by atoms with E-state index in [1.165, 1.54) is 44.4 Å². The highest BCUT2D eigenvalue weighted by Crippen LogP contribution is 2.60. The summed E-state index contributed by atoms with van der Waals surface area (Å²) in [6.07, 6.45) is 7.90. The monoisotopic (exact) mass is 1040 g/mol. The van der Waals surface area contributed by atoms with Crippen LogP contribution in [-0.2, 0) is 71.6 Å². The Kier molecular flexibility index (Phi) is 17.7. The van der Waals surface area contributed by atoms with E-state index in [4.69, 9.17) is 14.2 Å². The Morgan fingerprint density at radius 3 is 1.55 bits per heavy atom. The molecular weight excluding hydrogens is 977 g/mol. The second kappa shape index (κ2) is 23.9. The molecule has 7 fully saturated rings. The molecule has 6 bridgehead atoms. The van der Waals surface area contributed by atoms with Gasteiger partial charge in [-0.25, -0.2) is 16.8 Å². The van der Waals surface area contributed by atoms with Crippen molar-refractivity contribution < 1.29 is 49.7 Å². The standard InChI is InChI=1S/C19H17S.C14H13S.C13H20O5S.C10H14O6S/c1-4-10-17(11-5-1)16-20(18-12-6-2-7-13-18)19-14-8-3-9-15-19;1-2-15(13-9-5-3-6-10-13)14-11-7-4-8-12-14;14-12(18-1-2-19(15,16)17)13-6-9-3-10(7-13)5-11(4-9)8-13;11-8(4-17(12,13)14)16-9-5-1-6-3-15-10(9)7(6)2-5/h1-15H,16H2;2-12H,1H2;9-11H,1-8H2,(H,15,16,17);5-7,9-10H,1-4H2,(H,12,13,14)/q2*+1;;/p-2. The zero-order valence-corrected chi connectivity index (χ0v) is 42.9. The maximum Gasteiger partial charge on any atom is 0.320 e. The fourth-order valence-electron chi connectivity index (χ4n) is 11.9. The van der Waals surface area contributed by atoms with Crippen molar-refractivity contribution in [2.75, 3.05) is 24.7 Å². The maximum atomic E-state index is 12.3. The normalized spacial score (nSPS) is 26.3. The first-order valence-corrected chi connectivity index (χ1v) is 30.1. The summed E-state index contributed by atoms with van der Waals surface area (Å²) < 4.78 is 78.6. The molecule has 15 heteroatoms. The highest BCUT2D eigenvalue weighted by molar-refractivity contribution is 7.99. The first-order chi connectivity index (χ1) is 34.1. The fraction of sp³-hybridized carbons (Fsp3) is 0.393. The molecule has 5 aromatic rings. The Morgan fingerprint density at radius 2 is 1.10 bits per heavy atom. The van der Waals surface area contributed by atoms with Gasteiger partial charge in [0.05, 0.1) is 55.8 Å². The second-order valence-electron chi connectivity index (χ2n) is 19.5. The molecule has 11 nitrogen and oxygen atoms in total. The van der Waals surface area contributed by atoms with Crippen LogP contribution in [0.5, 0.6) is 0 Å². The van der Waals surface area contributed by atoms with Crippen LogP contribution in [0.2, 0.25) is 0 Å². The fourth-order valence-corrected chi connectivity index (χ4v) is 16.3. The van der Waals surface area contributed by atoms with Gasteiger partial charge in [-0.2, -0.15) is 0 Å². The van der Waals surface area contributed by atoms with Crippen molar-refractivity contribution in [2.45, 2.75) is 88.9 Å². The molecule has 7 aliphatic rings. The SMILES string of the molecule is C=C[S+](c1ccccc1)c1ccccc1.O=C(CS(=O)(=O)[O-])OC1C2CC3COC1C3C2.O=C(OCCS(=O)(=O)[O-])C12CC3CC(CC(C3)C1)C2.c1ccc(C[S+](c2ccccc2)c2ccccc2)cc1. The average molecular weight is 1040 g/mol. The van der Waals surface area contributed by atoms with Crippen LogP contribution < -0.4 is 0 Å². The molecule has 6 aliphatic carbocycles. The number of hydrogen-bond acceptors (Lipinski definition) is 11. The molecule has 1 aliphatic heterocycles. The van der Waals surface area contributed by atoms with E-state index >= 15 is 0 Å². The van der Waals surface area contributed by atoms with Gasteiger partial charge in [0.25, 0.3) is 0 Å². The lowest BCUT2D eigenvalue weighted by Crippen LogP contribution is -2.50. The van der Waals surface area contributed by atoms with Gasteiger partial charge in [0.15, 0.2) is 19.6 Å². The molecule has 0 aromatic heterocycles. The third-order valence-electron chi connectivity index (χ3n) is 14.5. The van der Waals surface area contributed by atoms with Crippen molar-refractivity contribution in [3.05, 3.63) is 169 Å². The molecule has 0 spiro atoms. The number of hydrogen-bond donors (Lipinski definition) is 0. The lowest BCUT2D eigenvalue weighted by Gasteiger charge is -2.55. The van der Waals surface area contributed by atoms with Gasteiger partial charge in [0.1, 0.15) is 39.7 Å². The summed E-state index contributed by atoms with van der Waals surface area (Å²) in [5.41, 5.74) is 1.02. The number of fused-ring (bicyclic) bond motifs is 1. The van der Waals surface area contributed by atoms with Crippen LogP contribution in [0.4, 0.5) is 0 Å². The first kappa shape index (κ1) is 52.6. The minimum Gasteiger partial charge on any atom is -0.748 e. The van der Waals surface area contributed by atoms with E-state index in [9.17, 15) is 35.5 Å². The van der Waals surface area contributed by atoms with Crippen molar-refractivity contribution >= 4 is 54.0 Å². The van der Waals surface area contributed by atoms with Crippen molar-refractivity contribution in [3.8, 4) is 0 Å². The lowest BCUT2D eigenvalue weighted by atomic mass is 9.49. The molecule has 1 heterocycles. The molecule has 0 N–H and O–H groups in total. The molecule has 1 saturated heterocycles. The van der Waals surface area contributed by atoms with Gasteiger partial charge in [0.2, 0.25) is 0 Å². The number of benzene rings is 5. The van der Waals surface area contributed by atoms with E-state index < -0.39 is 37.7 Å². The first-order valence-electron chi connectivity index (χ1n) is 24.3. The van der Waals surface area contributed by atoms with Crippen LogP contribution in [0.1, 0.15) is 56.9 Å². The topological polar surface area (TPSA) is 176 Å². The van der Waals surface area contributed by atoms with Crippen molar-refractivity contribution in [2.24, 2.45) is 40.9 Å². The quantitative estimate of drug-likeness (QED) is 0.0588. The van der Waals surface area contributed by atoms with E-state index in [2.05, 4.69) is 146 Å². The van der Waals surface area contributed by atoms with Gasteiger partial charge >= 0.3 is 11.9 Å². The molecule has 376 valence electrons. The second-order valence-corrected chi connectivity index (χ2v) is 26.4. The Labute approximate surface area is 425 Å². The molecule has 5 atom stereocenters. The van der Waals surface area contributed by atoms with E-state index in [-0.39, 0.29) is 57.9 Å². The molecule has 5 aromatic carbocycles. The predicted molar refractivity (Wildman–Crippen MR) is 274 cm³/mol. The Morgan fingerprint density at radius 1 is 0.634 bits per heavy atom. The predicted octanol–water partition coefficient (Wildman–Crippen LogP) is 9.58. The number of carbonyl (C=O) groups is 2. The summed E-state index contributed by atoms with van der Waals surface area (Å²) in [6.45, 7) is 4.34. The minimum absolute atomic E-state index is 0.00568. The van der Waals surface area contributed by atoms with E-state index in [0.717, 1.165) is 37.9 Å². The van der Waals surface area contributed by atoms with Crippen LogP contribution in [0.25, 0.3) is 0 Å². The van der Waals surface area contributed by atoms with Gasteiger partial charge < -0.3 is 23.3 Å². The van der Waals surface area contributed by atoms with Gasteiger partial charge in [-0.05, 0) is 135 Å². The highest BCUT2D eigenvalue weighted by atomic mass is 32.2. The van der Waals surface area contributed by atoms with Gasteiger partial charge in [-0.3, -0.25) is 9.59 Å². The average Bonchev–Trinajstić information content (AvgIpc) is 4.01. The third kappa shape index (κ3) is 14.3. The minimum atomic E-state index is -4.56. The van der Waals surface area contributed by atoms with Crippen molar-refractivity contribution in [1.29, 1.82) is 0 Å². The Bertz CT molecular complexity index is 2630. The summed E-state index contributed by atoms with van der Waals surface area (Å²) in [6, 6.07) is 53.3. The summed E-state index contributed by atoms with van der Waals surface area (Å²) in [5.74, 6) is 1.35. The van der Waals surface area contributed by atoms with Crippen molar-refractivity contribution in [1.82, 2.24) is 0 Å². The van der Waals surface area contributed by atoms with Gasteiger partial charge in [-0.15, -0.1) is 0 Å². The highest BCUT2D eigenvalue weighted by Gasteiger charge is 2.59. The largest absolute Gasteiger partial charge is 0.748 e. The number of esters is 2. The van der Waals surface area contributed by atoms with Gasteiger partial charge in [-0.1, -0.05) is 110 Å². The zero-order valence-electron chi connectivity index (χ0n) is 39.7. The summed E-state index contributed by atoms with van der Waals surface area (Å²) in [5, 5.41) is 2.02. The molecule has 71 heavy (non-hydrogen) atoms. The molecule has 6 saturated carbocycles. The smallest absolute Gasteiger partial charge is 0.320 e. The Balaban J connectivity index is 0.000000128. The van der Waals surface area contributed by atoms with Crippen LogP contribution >= 0.6 is 0 Å². The summed E-state index contributed by atoms with van der Waals surface area (Å²) >= 11 is 0. The molecular formula is C56H62O11S4. The van der Waals surface area contributed by atoms with Crippen LogP contribution in [-0.4, -0.2) is 74.8 Å². The zero-order chi connectivity index (χ0) is 50.0. The number of carbonyl (C=O) groups excluding carboxylic acids is 2. The van der Waals surface area contributed by atoms with Crippen LogP contribution in [0, 0.1) is 40.9 Å². The molecule has 0 radical (unpaired) electrons. The molecule has 0 amide bonds. The molecule has 12 rings (SSSR count). The maximum absolute atomic E-state index is 12.3. The summed E-state index contributed by atoms with van der Waals surface area (Å²) in [7, 11) is -8.76. The van der Waals surface area contributed by atoms with E-state index in [0.29, 0.717) is 36.2 Å². The van der Waals surface area contributed by atoms with Crippen molar-refractivity contribution in [3.63, 3.8) is 0 Å². The molecule has 5 unspecified atom stereocenters. The summed E-state index contributed by atoms with van der Waals surface area (Å²) in [4.78, 5) is 29.0. The van der Waals surface area contributed by atoms with Gasteiger partial charge in [0, 0.05) is 5.56 Å². The number of rotatable bonds is 14. The van der Waals surface area contributed by atoms with Crippen LogP contribution in [0.3, 0.4) is 0 Å². The third-order valence-corrected chi connectivity index (χ3v) is 19.9. The number of ether oxygens (including phenoxy) is 3. The Hall–Kier alpha value is -4.74.